The zero-order chi connectivity index (χ0) is 42.3. The van der Waals surface area contributed by atoms with E-state index in [4.69, 9.17) is 0 Å². The third-order valence-electron chi connectivity index (χ3n) is 11.2. The van der Waals surface area contributed by atoms with Gasteiger partial charge >= 0.3 is 0 Å². The predicted molar refractivity (Wildman–Crippen MR) is 242 cm³/mol. The highest BCUT2D eigenvalue weighted by molar-refractivity contribution is 4.59. The van der Waals surface area contributed by atoms with Gasteiger partial charge in [-0.1, -0.05) is 214 Å². The van der Waals surface area contributed by atoms with E-state index in [1.165, 1.54) is 161 Å². The molecule has 0 bridgehead atoms. The van der Waals surface area contributed by atoms with Gasteiger partial charge in [0.2, 0.25) is 18.1 Å². The van der Waals surface area contributed by atoms with Gasteiger partial charge in [0.1, 0.15) is 0 Å². The lowest BCUT2D eigenvalue weighted by Crippen LogP contribution is -2.19. The standard InChI is InChI=1S/C18H37NO2.C16H33NO2.C13H27NO2/c1-3-5-6-7-8-9-10-11-12-13-14-15-17-18(16-4-2)19(20)21;1-3-4-5-6-7-8-9-10-11-12-13-14-15-16(2)17(18)19;1-3-5-7-8-9-10-12-13(14(15)16)11-6-4-2/h18H,3-17H2,1-2H3;16H,3-15H2,1-2H3;13H,3-12H2,1-2H3. The zero-order valence-electron chi connectivity index (χ0n) is 38.4. The summed E-state index contributed by atoms with van der Waals surface area (Å²) in [5.41, 5.74) is 0. The first-order valence-corrected chi connectivity index (χ1v) is 24.5. The molecule has 0 aromatic heterocycles. The maximum Gasteiger partial charge on any atom is 0.213 e. The van der Waals surface area contributed by atoms with Crippen LogP contribution in [0.25, 0.3) is 0 Å². The molecule has 0 aliphatic carbocycles. The van der Waals surface area contributed by atoms with Crippen molar-refractivity contribution in [3.63, 3.8) is 0 Å². The van der Waals surface area contributed by atoms with Gasteiger partial charge in [0, 0.05) is 53.8 Å². The Bertz CT molecular complexity index is 815. The van der Waals surface area contributed by atoms with Gasteiger partial charge in [-0.25, -0.2) is 0 Å². The third kappa shape index (κ3) is 48.3. The van der Waals surface area contributed by atoms with Crippen LogP contribution < -0.4 is 0 Å². The van der Waals surface area contributed by atoms with E-state index in [1.807, 2.05) is 6.92 Å². The van der Waals surface area contributed by atoms with Crippen LogP contribution in [-0.2, 0) is 0 Å². The van der Waals surface area contributed by atoms with Crippen molar-refractivity contribution in [3.8, 4) is 0 Å². The minimum atomic E-state index is -0.358. The molecule has 0 heterocycles. The molecule has 3 unspecified atom stereocenters. The highest BCUT2D eigenvalue weighted by atomic mass is 16.6. The SMILES string of the molecule is CCCCCCCCC(CCCC)[N+](=O)[O-].CCCCCCCCCCCCCCC(C)[N+](=O)[O-].CCCCCCCCCCCCCCC(CCC)[N+](=O)[O-]. The molecule has 0 fully saturated rings. The van der Waals surface area contributed by atoms with Gasteiger partial charge in [0.05, 0.1) is 0 Å². The molecule has 9 nitrogen and oxygen atoms in total. The number of hydrogen-bond acceptors (Lipinski definition) is 6. The molecule has 336 valence electrons. The molecule has 9 heteroatoms. The zero-order valence-corrected chi connectivity index (χ0v) is 38.4. The van der Waals surface area contributed by atoms with Crippen LogP contribution in [-0.4, -0.2) is 32.9 Å². The van der Waals surface area contributed by atoms with E-state index in [0.717, 1.165) is 83.5 Å². The molecule has 56 heavy (non-hydrogen) atoms. The summed E-state index contributed by atoms with van der Waals surface area (Å²) in [6.45, 7) is 12.5. The van der Waals surface area contributed by atoms with Gasteiger partial charge in [0.15, 0.2) is 0 Å². The predicted octanol–water partition coefficient (Wildman–Crippen LogP) is 16.8. The number of nitrogens with zero attached hydrogens (tertiary/aromatic N) is 3. The first kappa shape index (κ1) is 58.5. The van der Waals surface area contributed by atoms with Gasteiger partial charge in [0.25, 0.3) is 0 Å². The molecule has 0 radical (unpaired) electrons. The summed E-state index contributed by atoms with van der Waals surface area (Å²) in [5.74, 6) is 0. The topological polar surface area (TPSA) is 129 Å². The van der Waals surface area contributed by atoms with Crippen LogP contribution in [0.15, 0.2) is 0 Å². The minimum absolute atomic E-state index is 0.0813. The number of hydrogen-bond donors (Lipinski definition) is 0. The van der Waals surface area contributed by atoms with E-state index in [2.05, 4.69) is 27.7 Å². The fourth-order valence-electron chi connectivity index (χ4n) is 7.25. The molecule has 0 aliphatic rings. The van der Waals surface area contributed by atoms with Gasteiger partial charge in [-0.3, -0.25) is 30.3 Å². The highest BCUT2D eigenvalue weighted by Crippen LogP contribution is 2.17. The summed E-state index contributed by atoms with van der Waals surface area (Å²) in [6, 6.07) is -0.938. The van der Waals surface area contributed by atoms with E-state index in [1.54, 1.807) is 6.92 Å². The van der Waals surface area contributed by atoms with Crippen LogP contribution in [0, 0.1) is 30.3 Å². The quantitative estimate of drug-likeness (QED) is 0.0344. The number of nitro groups is 3. The molecule has 0 spiro atoms. The Morgan fingerprint density at radius 3 is 0.768 bits per heavy atom. The molecule has 0 aromatic rings. The van der Waals surface area contributed by atoms with Crippen molar-refractivity contribution in [3.05, 3.63) is 30.3 Å². The van der Waals surface area contributed by atoms with Crippen molar-refractivity contribution in [2.24, 2.45) is 0 Å². The molecule has 3 atom stereocenters. The van der Waals surface area contributed by atoms with E-state index in [-0.39, 0.29) is 32.9 Å². The Labute approximate surface area is 347 Å². The van der Waals surface area contributed by atoms with E-state index >= 15 is 0 Å². The molecule has 0 amide bonds. The van der Waals surface area contributed by atoms with Crippen LogP contribution in [0.5, 0.6) is 0 Å². The molecule has 0 N–H and O–H groups in total. The summed E-state index contributed by atoms with van der Waals surface area (Å²) in [5, 5.41) is 32.0. The Morgan fingerprint density at radius 1 is 0.286 bits per heavy atom. The lowest BCUT2D eigenvalue weighted by molar-refractivity contribution is -0.524. The summed E-state index contributed by atoms with van der Waals surface area (Å²) in [4.78, 5) is 31.7. The van der Waals surface area contributed by atoms with Crippen LogP contribution >= 0.6 is 0 Å². The second-order valence-electron chi connectivity index (χ2n) is 16.9. The van der Waals surface area contributed by atoms with Gasteiger partial charge in [-0.05, 0) is 32.1 Å². The second kappa shape index (κ2) is 49.3. The smallest absolute Gasteiger partial charge is 0.213 e. The Balaban J connectivity index is -0.000000759. The normalized spacial score (nSPS) is 12.5. The van der Waals surface area contributed by atoms with Crippen molar-refractivity contribution in [2.75, 3.05) is 0 Å². The van der Waals surface area contributed by atoms with Crippen molar-refractivity contribution in [1.82, 2.24) is 0 Å². The van der Waals surface area contributed by atoms with Crippen molar-refractivity contribution < 1.29 is 14.8 Å². The first-order valence-electron chi connectivity index (χ1n) is 24.5. The van der Waals surface area contributed by atoms with E-state index < -0.39 is 0 Å². The summed E-state index contributed by atoms with van der Waals surface area (Å²) < 4.78 is 0. The summed E-state index contributed by atoms with van der Waals surface area (Å²) >= 11 is 0. The first-order chi connectivity index (χ1) is 27.1. The monoisotopic (exact) mass is 800 g/mol. The van der Waals surface area contributed by atoms with Crippen LogP contribution in [0.1, 0.15) is 286 Å². The molecule has 0 aromatic carbocycles. The van der Waals surface area contributed by atoms with Crippen LogP contribution in [0.2, 0.25) is 0 Å². The van der Waals surface area contributed by atoms with Gasteiger partial charge in [-0.2, -0.15) is 0 Å². The van der Waals surface area contributed by atoms with Crippen LogP contribution in [0.3, 0.4) is 0 Å². The summed E-state index contributed by atoms with van der Waals surface area (Å²) in [6.07, 6.45) is 45.6. The Kier molecular flexibility index (Phi) is 51.6. The van der Waals surface area contributed by atoms with E-state index in [9.17, 15) is 30.3 Å². The van der Waals surface area contributed by atoms with Crippen molar-refractivity contribution in [1.29, 1.82) is 0 Å². The molecular weight excluding hydrogens is 703 g/mol. The number of rotatable bonds is 41. The highest BCUT2D eigenvalue weighted by Gasteiger charge is 2.18. The molecule has 0 rings (SSSR count). The van der Waals surface area contributed by atoms with Gasteiger partial charge in [-0.15, -0.1) is 0 Å². The minimum Gasteiger partial charge on any atom is -0.264 e. The molecular formula is C47H97N3O6. The lowest BCUT2D eigenvalue weighted by atomic mass is 10.0. The van der Waals surface area contributed by atoms with Crippen molar-refractivity contribution >= 4 is 0 Å². The maximum atomic E-state index is 10.8. The van der Waals surface area contributed by atoms with Crippen LogP contribution in [0.4, 0.5) is 0 Å². The fourth-order valence-corrected chi connectivity index (χ4v) is 7.25. The maximum absolute atomic E-state index is 10.8. The summed E-state index contributed by atoms with van der Waals surface area (Å²) in [7, 11) is 0. The molecule has 0 aliphatic heterocycles. The Morgan fingerprint density at radius 2 is 0.518 bits per heavy atom. The Hall–Kier alpha value is -1.80. The third-order valence-corrected chi connectivity index (χ3v) is 11.2. The van der Waals surface area contributed by atoms with Crippen molar-refractivity contribution in [2.45, 2.75) is 304 Å². The average Bonchev–Trinajstić information content (AvgIpc) is 3.17. The largest absolute Gasteiger partial charge is 0.264 e. The molecule has 0 saturated heterocycles. The average molecular weight is 800 g/mol. The number of unbranched alkanes of at least 4 members (excludes halogenated alkanes) is 28. The van der Waals surface area contributed by atoms with Gasteiger partial charge < -0.3 is 0 Å². The fraction of sp³-hybridized carbons (Fsp3) is 1.00. The second-order valence-corrected chi connectivity index (χ2v) is 16.9. The lowest BCUT2D eigenvalue weighted by Gasteiger charge is -2.08. The molecule has 0 saturated carbocycles. The van der Waals surface area contributed by atoms with E-state index in [0.29, 0.717) is 0 Å².